The Morgan fingerprint density at radius 1 is 1.00 bits per heavy atom. The predicted molar refractivity (Wildman–Crippen MR) is 89.4 cm³/mol. The van der Waals surface area contributed by atoms with Gasteiger partial charge in [0, 0.05) is 38.8 Å². The van der Waals surface area contributed by atoms with Crippen LogP contribution in [0.25, 0.3) is 0 Å². The van der Waals surface area contributed by atoms with Crippen LogP contribution in [0.3, 0.4) is 0 Å². The Balaban J connectivity index is 1.47. The fraction of sp³-hybridized carbons (Fsp3) is 0.684. The molecule has 1 heterocycles. The molecule has 3 rings (SSSR count). The first-order valence-corrected chi connectivity index (χ1v) is 8.72. The molecule has 1 aliphatic carbocycles. The Hall–Kier alpha value is -0.860. The first kappa shape index (κ1) is 15.1. The summed E-state index contributed by atoms with van der Waals surface area (Å²) >= 11 is 0. The van der Waals surface area contributed by atoms with Crippen LogP contribution >= 0.6 is 0 Å². The lowest BCUT2D eigenvalue weighted by molar-refractivity contribution is 0.0689. The highest BCUT2D eigenvalue weighted by Crippen LogP contribution is 2.27. The second-order valence-corrected chi connectivity index (χ2v) is 7.21. The van der Waals surface area contributed by atoms with Crippen molar-refractivity contribution in [3.8, 4) is 0 Å². The second-order valence-electron chi connectivity index (χ2n) is 7.21. The lowest BCUT2D eigenvalue weighted by atomic mass is 9.86. The largest absolute Gasteiger partial charge is 0.298 e. The number of benzene rings is 1. The van der Waals surface area contributed by atoms with Gasteiger partial charge in [0.25, 0.3) is 0 Å². The molecular formula is C19H30N2. The van der Waals surface area contributed by atoms with Crippen molar-refractivity contribution in [1.82, 2.24) is 9.80 Å². The number of hydrogen-bond donors (Lipinski definition) is 0. The van der Waals surface area contributed by atoms with Gasteiger partial charge in [-0.2, -0.15) is 0 Å². The molecule has 2 heteroatoms. The summed E-state index contributed by atoms with van der Waals surface area (Å²) < 4.78 is 0. The Morgan fingerprint density at radius 3 is 2.38 bits per heavy atom. The fourth-order valence-electron chi connectivity index (χ4n) is 3.96. The number of rotatable bonds is 3. The van der Waals surface area contributed by atoms with Crippen LogP contribution in [-0.2, 0) is 6.54 Å². The highest BCUT2D eigenvalue weighted by atomic mass is 15.3. The third kappa shape index (κ3) is 4.08. The van der Waals surface area contributed by atoms with Gasteiger partial charge < -0.3 is 0 Å². The van der Waals surface area contributed by atoms with Crippen LogP contribution in [-0.4, -0.2) is 42.0 Å². The molecule has 0 spiro atoms. The molecular weight excluding hydrogens is 256 g/mol. The summed E-state index contributed by atoms with van der Waals surface area (Å²) in [5.74, 6) is 0.962. The van der Waals surface area contributed by atoms with Crippen molar-refractivity contribution < 1.29 is 0 Å². The van der Waals surface area contributed by atoms with Crippen molar-refractivity contribution in [2.45, 2.75) is 52.1 Å². The van der Waals surface area contributed by atoms with Crippen LogP contribution in [0.1, 0.15) is 43.7 Å². The SMILES string of the molecule is Cc1cccc(CN2CCN(C3CCC(C)CC3)CC2)c1. The highest BCUT2D eigenvalue weighted by Gasteiger charge is 2.26. The van der Waals surface area contributed by atoms with E-state index in [4.69, 9.17) is 0 Å². The van der Waals surface area contributed by atoms with Crippen LogP contribution in [0.4, 0.5) is 0 Å². The van der Waals surface area contributed by atoms with Crippen molar-refractivity contribution in [2.24, 2.45) is 5.92 Å². The summed E-state index contributed by atoms with van der Waals surface area (Å²) in [6.45, 7) is 10.7. The van der Waals surface area contributed by atoms with Crippen LogP contribution < -0.4 is 0 Å². The van der Waals surface area contributed by atoms with Gasteiger partial charge in [-0.3, -0.25) is 9.80 Å². The van der Waals surface area contributed by atoms with E-state index >= 15 is 0 Å². The van der Waals surface area contributed by atoms with Gasteiger partial charge >= 0.3 is 0 Å². The second kappa shape index (κ2) is 6.93. The minimum Gasteiger partial charge on any atom is -0.298 e. The zero-order valence-electron chi connectivity index (χ0n) is 13.7. The molecule has 0 aromatic heterocycles. The van der Waals surface area contributed by atoms with Crippen molar-refractivity contribution in [3.63, 3.8) is 0 Å². The van der Waals surface area contributed by atoms with E-state index in [1.54, 1.807) is 0 Å². The molecule has 0 amide bonds. The predicted octanol–water partition coefficient (Wildman–Crippen LogP) is 3.69. The quantitative estimate of drug-likeness (QED) is 0.836. The van der Waals surface area contributed by atoms with E-state index < -0.39 is 0 Å². The van der Waals surface area contributed by atoms with E-state index in [0.29, 0.717) is 0 Å². The molecule has 2 fully saturated rings. The van der Waals surface area contributed by atoms with Gasteiger partial charge in [0.2, 0.25) is 0 Å². The topological polar surface area (TPSA) is 6.48 Å². The van der Waals surface area contributed by atoms with E-state index in [0.717, 1.165) is 18.5 Å². The summed E-state index contributed by atoms with van der Waals surface area (Å²) in [6, 6.07) is 9.84. The monoisotopic (exact) mass is 286 g/mol. The Labute approximate surface area is 130 Å². The molecule has 0 N–H and O–H groups in total. The third-order valence-corrected chi connectivity index (χ3v) is 5.40. The van der Waals surface area contributed by atoms with Gasteiger partial charge in [-0.25, -0.2) is 0 Å². The minimum atomic E-state index is 0.877. The average molecular weight is 286 g/mol. The van der Waals surface area contributed by atoms with Gasteiger partial charge in [0.1, 0.15) is 0 Å². The fourth-order valence-corrected chi connectivity index (χ4v) is 3.96. The molecule has 1 aromatic carbocycles. The number of aryl methyl sites for hydroxylation is 1. The van der Waals surface area contributed by atoms with E-state index in [1.807, 2.05) is 0 Å². The van der Waals surface area contributed by atoms with Crippen molar-refractivity contribution >= 4 is 0 Å². The normalized spacial score (nSPS) is 28.7. The van der Waals surface area contributed by atoms with Gasteiger partial charge in [0.15, 0.2) is 0 Å². The van der Waals surface area contributed by atoms with Crippen molar-refractivity contribution in [2.75, 3.05) is 26.2 Å². The van der Waals surface area contributed by atoms with Crippen molar-refractivity contribution in [3.05, 3.63) is 35.4 Å². The Bertz CT molecular complexity index is 441. The highest BCUT2D eigenvalue weighted by molar-refractivity contribution is 5.22. The standard InChI is InChI=1S/C19H30N2/c1-16-6-8-19(9-7-16)21-12-10-20(11-13-21)15-18-5-3-4-17(2)14-18/h3-5,14,16,19H,6-13,15H2,1-2H3. The maximum Gasteiger partial charge on any atom is 0.0234 e. The lowest BCUT2D eigenvalue weighted by Gasteiger charge is -2.41. The summed E-state index contributed by atoms with van der Waals surface area (Å²) in [5, 5.41) is 0. The van der Waals surface area contributed by atoms with Gasteiger partial charge in [-0.1, -0.05) is 36.8 Å². The molecule has 116 valence electrons. The lowest BCUT2D eigenvalue weighted by Crippen LogP contribution is -2.50. The molecule has 1 saturated heterocycles. The number of piperazine rings is 1. The van der Waals surface area contributed by atoms with Crippen LogP contribution in [0.5, 0.6) is 0 Å². The van der Waals surface area contributed by atoms with Crippen LogP contribution in [0.2, 0.25) is 0 Å². The number of hydrogen-bond acceptors (Lipinski definition) is 2. The molecule has 0 unspecified atom stereocenters. The summed E-state index contributed by atoms with van der Waals surface area (Å²) in [6.07, 6.45) is 5.74. The van der Waals surface area contributed by atoms with Gasteiger partial charge in [-0.05, 0) is 44.1 Å². The van der Waals surface area contributed by atoms with Crippen molar-refractivity contribution in [1.29, 1.82) is 0 Å². The Morgan fingerprint density at radius 2 is 1.71 bits per heavy atom. The molecule has 2 aliphatic rings. The zero-order chi connectivity index (χ0) is 14.7. The summed E-state index contributed by atoms with van der Waals surface area (Å²) in [5.41, 5.74) is 2.84. The van der Waals surface area contributed by atoms with Gasteiger partial charge in [-0.15, -0.1) is 0 Å². The van der Waals surface area contributed by atoms with E-state index in [2.05, 4.69) is 47.9 Å². The van der Waals surface area contributed by atoms with Gasteiger partial charge in [0.05, 0.1) is 0 Å². The minimum absolute atomic E-state index is 0.877. The average Bonchev–Trinajstić information content (AvgIpc) is 2.49. The molecule has 0 radical (unpaired) electrons. The van der Waals surface area contributed by atoms with E-state index in [9.17, 15) is 0 Å². The maximum absolute atomic E-state index is 2.76. The molecule has 1 aliphatic heterocycles. The van der Waals surface area contributed by atoms with E-state index in [-0.39, 0.29) is 0 Å². The van der Waals surface area contributed by atoms with Crippen LogP contribution in [0, 0.1) is 12.8 Å². The zero-order valence-corrected chi connectivity index (χ0v) is 13.7. The molecule has 1 saturated carbocycles. The third-order valence-electron chi connectivity index (χ3n) is 5.40. The first-order chi connectivity index (χ1) is 10.2. The number of nitrogens with zero attached hydrogens (tertiary/aromatic N) is 2. The molecule has 21 heavy (non-hydrogen) atoms. The first-order valence-electron chi connectivity index (χ1n) is 8.72. The molecule has 2 nitrogen and oxygen atoms in total. The molecule has 1 aromatic rings. The van der Waals surface area contributed by atoms with E-state index in [1.165, 1.54) is 63.0 Å². The summed E-state index contributed by atoms with van der Waals surface area (Å²) in [4.78, 5) is 5.38. The molecule has 0 bridgehead atoms. The smallest absolute Gasteiger partial charge is 0.0234 e. The maximum atomic E-state index is 2.76. The molecule has 0 atom stereocenters. The summed E-state index contributed by atoms with van der Waals surface area (Å²) in [7, 11) is 0. The van der Waals surface area contributed by atoms with Crippen LogP contribution in [0.15, 0.2) is 24.3 Å². The Kier molecular flexibility index (Phi) is 4.97.